The van der Waals surface area contributed by atoms with Gasteiger partial charge >= 0.3 is 8.56 Å². The van der Waals surface area contributed by atoms with E-state index in [1.807, 2.05) is 0 Å². The second-order valence-corrected chi connectivity index (χ2v) is 8.16. The molecular formula is C11H22O4Si. The van der Waals surface area contributed by atoms with Gasteiger partial charge in [-0.05, 0) is 25.3 Å². The van der Waals surface area contributed by atoms with Crippen LogP contribution in [0.1, 0.15) is 32.6 Å². The van der Waals surface area contributed by atoms with Crippen molar-refractivity contribution in [1.82, 2.24) is 0 Å². The molecule has 0 N–H and O–H groups in total. The first-order valence-corrected chi connectivity index (χ1v) is 8.04. The predicted octanol–water partition coefficient (Wildman–Crippen LogP) is 1.97. The van der Waals surface area contributed by atoms with Gasteiger partial charge in [0.05, 0.1) is 0 Å². The summed E-state index contributed by atoms with van der Waals surface area (Å²) in [6.07, 6.45) is 4.31. The zero-order valence-corrected chi connectivity index (χ0v) is 11.7. The Morgan fingerprint density at radius 2 is 1.94 bits per heavy atom. The molecule has 2 heterocycles. The molecule has 5 heteroatoms. The van der Waals surface area contributed by atoms with Crippen molar-refractivity contribution >= 4 is 8.56 Å². The van der Waals surface area contributed by atoms with Crippen molar-refractivity contribution < 1.29 is 18.3 Å². The zero-order valence-electron chi connectivity index (χ0n) is 10.7. The Bertz CT molecular complexity index is 265. The second kappa shape index (κ2) is 4.06. The van der Waals surface area contributed by atoms with Crippen LogP contribution in [0.3, 0.4) is 0 Å². The molecule has 0 aromatic heterocycles. The van der Waals surface area contributed by atoms with E-state index in [9.17, 15) is 0 Å². The molecule has 2 aliphatic heterocycles. The summed E-state index contributed by atoms with van der Waals surface area (Å²) in [5.41, 5.74) is -0.690. The van der Waals surface area contributed by atoms with E-state index in [4.69, 9.17) is 18.3 Å². The number of ether oxygens (including phenoxy) is 2. The van der Waals surface area contributed by atoms with Crippen LogP contribution >= 0.6 is 0 Å². The minimum absolute atomic E-state index is 0.132. The summed E-state index contributed by atoms with van der Waals surface area (Å²) in [6.45, 7) is 2.17. The average Bonchev–Trinajstić information content (AvgIpc) is 2.98. The maximum absolute atomic E-state index is 6.03. The lowest BCUT2D eigenvalue weighted by molar-refractivity contribution is 0.00360. The van der Waals surface area contributed by atoms with Crippen LogP contribution in [-0.2, 0) is 18.3 Å². The fourth-order valence-corrected chi connectivity index (χ4v) is 7.03. The molecule has 0 spiro atoms. The van der Waals surface area contributed by atoms with Crippen molar-refractivity contribution in [2.75, 3.05) is 21.3 Å². The van der Waals surface area contributed by atoms with Crippen LogP contribution in [0.5, 0.6) is 0 Å². The standard InChI is InChI=1S/C11H22O4Si/c1-5-7-10-8-6-9-16(13-3,14-4)11(10,12-2)15-10/h5-9H2,1-4H3. The van der Waals surface area contributed by atoms with Crippen LogP contribution < -0.4 is 0 Å². The van der Waals surface area contributed by atoms with Crippen LogP contribution in [0, 0.1) is 0 Å². The van der Waals surface area contributed by atoms with Crippen LogP contribution in [0.15, 0.2) is 0 Å². The van der Waals surface area contributed by atoms with Gasteiger partial charge in [0, 0.05) is 21.3 Å². The second-order valence-electron chi connectivity index (χ2n) is 4.68. The van der Waals surface area contributed by atoms with Crippen LogP contribution in [-0.4, -0.2) is 40.9 Å². The lowest BCUT2D eigenvalue weighted by Crippen LogP contribution is -2.61. The third-order valence-corrected chi connectivity index (χ3v) is 8.18. The van der Waals surface area contributed by atoms with E-state index in [2.05, 4.69) is 6.92 Å². The van der Waals surface area contributed by atoms with Crippen molar-refractivity contribution in [3.63, 3.8) is 0 Å². The molecule has 2 atom stereocenters. The van der Waals surface area contributed by atoms with Crippen molar-refractivity contribution in [3.8, 4) is 0 Å². The molecule has 0 aromatic rings. The highest BCUT2D eigenvalue weighted by atomic mass is 28.4. The van der Waals surface area contributed by atoms with Gasteiger partial charge in [-0.25, -0.2) is 0 Å². The fourth-order valence-electron chi connectivity index (χ4n) is 3.35. The zero-order chi connectivity index (χ0) is 11.9. The molecule has 16 heavy (non-hydrogen) atoms. The summed E-state index contributed by atoms with van der Waals surface area (Å²) in [4.78, 5) is 0. The number of hydrogen-bond acceptors (Lipinski definition) is 4. The minimum atomic E-state index is -2.36. The number of hydrogen-bond donors (Lipinski definition) is 0. The largest absolute Gasteiger partial charge is 0.403 e. The molecule has 2 saturated heterocycles. The fraction of sp³-hybridized carbons (Fsp3) is 1.00. The van der Waals surface area contributed by atoms with Gasteiger partial charge in [0.25, 0.3) is 0 Å². The third-order valence-electron chi connectivity index (χ3n) is 4.09. The Kier molecular flexibility index (Phi) is 3.18. The van der Waals surface area contributed by atoms with E-state index in [-0.39, 0.29) is 5.60 Å². The first kappa shape index (κ1) is 12.5. The van der Waals surface area contributed by atoms with Gasteiger partial charge in [0.2, 0.25) is 5.41 Å². The third kappa shape index (κ3) is 1.29. The molecule has 0 saturated carbocycles. The summed E-state index contributed by atoms with van der Waals surface area (Å²) < 4.78 is 23.2. The summed E-state index contributed by atoms with van der Waals surface area (Å²) in [6, 6.07) is 0.958. The molecule has 2 fully saturated rings. The first-order valence-electron chi connectivity index (χ1n) is 6.01. The van der Waals surface area contributed by atoms with Crippen LogP contribution in [0.25, 0.3) is 0 Å². The lowest BCUT2D eigenvalue weighted by Gasteiger charge is -2.37. The smallest absolute Gasteiger partial charge is 0.394 e. The van der Waals surface area contributed by atoms with Gasteiger partial charge < -0.3 is 18.3 Å². The molecule has 94 valence electrons. The predicted molar refractivity (Wildman–Crippen MR) is 62.3 cm³/mol. The SMILES string of the molecule is CCCC12CCC[Si](OC)(OC)C1(OC)O2. The topological polar surface area (TPSA) is 40.2 Å². The molecule has 4 nitrogen and oxygen atoms in total. The molecule has 0 amide bonds. The minimum Gasteiger partial charge on any atom is -0.394 e. The Labute approximate surface area is 98.5 Å². The Morgan fingerprint density at radius 1 is 1.25 bits per heavy atom. The number of fused-ring (bicyclic) bond motifs is 1. The molecular weight excluding hydrogens is 224 g/mol. The molecule has 0 radical (unpaired) electrons. The van der Waals surface area contributed by atoms with Gasteiger partial charge in [0.1, 0.15) is 5.60 Å². The highest BCUT2D eigenvalue weighted by molar-refractivity contribution is 6.71. The maximum Gasteiger partial charge on any atom is 0.403 e. The number of methoxy groups -OCH3 is 1. The van der Waals surface area contributed by atoms with E-state index in [0.717, 1.165) is 31.7 Å². The van der Waals surface area contributed by atoms with Gasteiger partial charge in [-0.1, -0.05) is 13.3 Å². The highest BCUT2D eigenvalue weighted by Gasteiger charge is 2.84. The summed E-state index contributed by atoms with van der Waals surface area (Å²) >= 11 is 0. The summed E-state index contributed by atoms with van der Waals surface area (Å²) in [5.74, 6) is 0. The Morgan fingerprint density at radius 3 is 2.44 bits per heavy atom. The van der Waals surface area contributed by atoms with Crippen molar-refractivity contribution in [3.05, 3.63) is 0 Å². The van der Waals surface area contributed by atoms with Gasteiger partial charge in [-0.15, -0.1) is 0 Å². The quantitative estimate of drug-likeness (QED) is 0.549. The molecule has 0 aliphatic carbocycles. The van der Waals surface area contributed by atoms with Crippen molar-refractivity contribution in [1.29, 1.82) is 0 Å². The highest BCUT2D eigenvalue weighted by Crippen LogP contribution is 2.63. The average molecular weight is 246 g/mol. The van der Waals surface area contributed by atoms with E-state index < -0.39 is 14.0 Å². The van der Waals surface area contributed by atoms with E-state index in [1.165, 1.54) is 0 Å². The van der Waals surface area contributed by atoms with E-state index in [0.29, 0.717) is 0 Å². The van der Waals surface area contributed by atoms with Crippen LogP contribution in [0.4, 0.5) is 0 Å². The monoisotopic (exact) mass is 246 g/mol. The van der Waals surface area contributed by atoms with Gasteiger partial charge in [0.15, 0.2) is 0 Å². The van der Waals surface area contributed by atoms with Gasteiger partial charge in [-0.2, -0.15) is 0 Å². The molecule has 2 aliphatic rings. The number of epoxide rings is 1. The normalized spacial score (nSPS) is 40.5. The number of rotatable bonds is 5. The molecule has 2 unspecified atom stereocenters. The molecule has 0 bridgehead atoms. The Hall–Kier alpha value is 0.0569. The summed E-state index contributed by atoms with van der Waals surface area (Å²) in [5, 5.41) is 0. The first-order chi connectivity index (χ1) is 7.66. The van der Waals surface area contributed by atoms with E-state index >= 15 is 0 Å². The maximum atomic E-state index is 6.03. The van der Waals surface area contributed by atoms with E-state index in [1.54, 1.807) is 21.3 Å². The molecule has 0 aromatic carbocycles. The summed E-state index contributed by atoms with van der Waals surface area (Å²) in [7, 11) is 2.79. The Balaban J connectivity index is 2.30. The van der Waals surface area contributed by atoms with Gasteiger partial charge in [-0.3, -0.25) is 0 Å². The van der Waals surface area contributed by atoms with Crippen molar-refractivity contribution in [2.45, 2.75) is 49.7 Å². The lowest BCUT2D eigenvalue weighted by atomic mass is 9.97. The molecule has 2 rings (SSSR count). The van der Waals surface area contributed by atoms with Crippen LogP contribution in [0.2, 0.25) is 6.04 Å². The van der Waals surface area contributed by atoms with Crippen molar-refractivity contribution in [2.24, 2.45) is 0 Å².